The third-order valence-electron chi connectivity index (χ3n) is 4.46. The number of carbonyl (C=O) groups excluding carboxylic acids is 2. The Balaban J connectivity index is 1.66. The normalized spacial score (nSPS) is 19.2. The second kappa shape index (κ2) is 6.88. The maximum absolute atomic E-state index is 12.9. The first-order valence-electron chi connectivity index (χ1n) is 8.32. The number of hydrogen-bond donors (Lipinski definition) is 1. The highest BCUT2D eigenvalue weighted by molar-refractivity contribution is 8.00. The molecule has 4 rings (SSSR count). The molecule has 0 spiro atoms. The van der Waals surface area contributed by atoms with E-state index >= 15 is 0 Å². The average molecular weight is 367 g/mol. The molecular formula is C20H17NO4S. The molecule has 1 amide bonds. The molecule has 1 saturated heterocycles. The Bertz CT molecular complexity index is 826. The van der Waals surface area contributed by atoms with E-state index in [0.29, 0.717) is 12.2 Å². The lowest BCUT2D eigenvalue weighted by Gasteiger charge is -2.43. The third-order valence-corrected chi connectivity index (χ3v) is 5.66. The number of benzene rings is 2. The smallest absolute Gasteiger partial charge is 0.359 e. The number of nitrogens with zero attached hydrogens (tertiary/aromatic N) is 1. The number of aliphatic hydroxyl groups is 1. The SMILES string of the molecule is O=C(OC(c1ccccc1)c1ccccc1)C1=C(O)CSC2CC(=O)N12. The lowest BCUT2D eigenvalue weighted by Crippen LogP contribution is -2.54. The van der Waals surface area contributed by atoms with Gasteiger partial charge >= 0.3 is 5.97 Å². The largest absolute Gasteiger partial charge is 0.509 e. The van der Waals surface area contributed by atoms with Gasteiger partial charge in [-0.25, -0.2) is 4.79 Å². The second-order valence-electron chi connectivity index (χ2n) is 6.14. The number of thioether (sulfide) groups is 1. The molecule has 26 heavy (non-hydrogen) atoms. The van der Waals surface area contributed by atoms with Gasteiger partial charge in [-0.2, -0.15) is 0 Å². The van der Waals surface area contributed by atoms with E-state index in [2.05, 4.69) is 0 Å². The van der Waals surface area contributed by atoms with Crippen LogP contribution in [-0.4, -0.2) is 33.0 Å². The van der Waals surface area contributed by atoms with E-state index in [1.54, 1.807) is 0 Å². The van der Waals surface area contributed by atoms with Crippen molar-refractivity contribution in [2.75, 3.05) is 5.75 Å². The van der Waals surface area contributed by atoms with Crippen molar-refractivity contribution in [3.05, 3.63) is 83.2 Å². The molecule has 2 aromatic rings. The molecule has 0 saturated carbocycles. The predicted octanol–water partition coefficient (Wildman–Crippen LogP) is 3.39. The highest BCUT2D eigenvalue weighted by Crippen LogP contribution is 2.40. The molecule has 2 heterocycles. The molecule has 2 aliphatic rings. The summed E-state index contributed by atoms with van der Waals surface area (Å²) in [5, 5.41) is 10.1. The van der Waals surface area contributed by atoms with Crippen LogP contribution in [0.15, 0.2) is 72.1 Å². The van der Waals surface area contributed by atoms with Crippen LogP contribution >= 0.6 is 11.8 Å². The van der Waals surface area contributed by atoms with Gasteiger partial charge in [0.2, 0.25) is 5.91 Å². The first-order chi connectivity index (χ1) is 12.6. The molecule has 2 aliphatic heterocycles. The molecule has 132 valence electrons. The van der Waals surface area contributed by atoms with Crippen LogP contribution in [-0.2, 0) is 14.3 Å². The van der Waals surface area contributed by atoms with E-state index in [0.717, 1.165) is 11.1 Å². The van der Waals surface area contributed by atoms with Gasteiger partial charge in [-0.05, 0) is 11.1 Å². The van der Waals surface area contributed by atoms with Crippen LogP contribution in [0.25, 0.3) is 0 Å². The van der Waals surface area contributed by atoms with Crippen molar-refractivity contribution >= 4 is 23.6 Å². The average Bonchev–Trinajstić information content (AvgIpc) is 2.67. The number of fused-ring (bicyclic) bond motifs is 1. The van der Waals surface area contributed by atoms with Gasteiger partial charge in [-0.1, -0.05) is 60.7 Å². The lowest BCUT2D eigenvalue weighted by atomic mass is 10.0. The first-order valence-corrected chi connectivity index (χ1v) is 9.36. The zero-order chi connectivity index (χ0) is 18.1. The fraction of sp³-hybridized carbons (Fsp3) is 0.200. The van der Waals surface area contributed by atoms with Gasteiger partial charge in [0.25, 0.3) is 0 Å². The predicted molar refractivity (Wildman–Crippen MR) is 98.2 cm³/mol. The Labute approximate surface area is 155 Å². The maximum atomic E-state index is 12.9. The third kappa shape index (κ3) is 2.97. The Hall–Kier alpha value is -2.73. The van der Waals surface area contributed by atoms with E-state index < -0.39 is 12.1 Å². The Morgan fingerprint density at radius 2 is 1.65 bits per heavy atom. The van der Waals surface area contributed by atoms with E-state index in [9.17, 15) is 14.7 Å². The van der Waals surface area contributed by atoms with E-state index in [-0.39, 0.29) is 22.7 Å². The fourth-order valence-corrected chi connectivity index (χ4v) is 4.25. The molecule has 0 aromatic heterocycles. The summed E-state index contributed by atoms with van der Waals surface area (Å²) in [6, 6.07) is 18.8. The molecule has 1 unspecified atom stereocenters. The number of hydrogen-bond acceptors (Lipinski definition) is 5. The molecule has 1 fully saturated rings. The summed E-state index contributed by atoms with van der Waals surface area (Å²) < 4.78 is 5.77. The van der Waals surface area contributed by atoms with Crippen LogP contribution in [0.2, 0.25) is 0 Å². The first kappa shape index (κ1) is 16.7. The summed E-state index contributed by atoms with van der Waals surface area (Å²) in [5.41, 5.74) is 1.62. The summed E-state index contributed by atoms with van der Waals surface area (Å²) in [6.45, 7) is 0. The molecule has 5 nitrogen and oxygen atoms in total. The zero-order valence-electron chi connectivity index (χ0n) is 13.9. The fourth-order valence-electron chi connectivity index (χ4n) is 3.14. The van der Waals surface area contributed by atoms with Gasteiger partial charge in [0.15, 0.2) is 11.8 Å². The van der Waals surface area contributed by atoms with Crippen molar-refractivity contribution in [2.45, 2.75) is 17.9 Å². The number of ether oxygens (including phenoxy) is 1. The minimum atomic E-state index is -0.682. The van der Waals surface area contributed by atoms with Crippen molar-refractivity contribution in [1.82, 2.24) is 4.90 Å². The molecule has 0 radical (unpaired) electrons. The van der Waals surface area contributed by atoms with Crippen LogP contribution in [0.5, 0.6) is 0 Å². The summed E-state index contributed by atoms with van der Waals surface area (Å²) in [5.74, 6) is -0.653. The highest BCUT2D eigenvalue weighted by Gasteiger charge is 2.46. The summed E-state index contributed by atoms with van der Waals surface area (Å²) in [6.07, 6.45) is -0.232. The summed E-state index contributed by atoms with van der Waals surface area (Å²) >= 11 is 1.45. The number of carbonyl (C=O) groups is 2. The molecular weight excluding hydrogens is 350 g/mol. The summed E-state index contributed by atoms with van der Waals surface area (Å²) in [7, 11) is 0. The van der Waals surface area contributed by atoms with E-state index in [1.165, 1.54) is 16.7 Å². The van der Waals surface area contributed by atoms with Crippen molar-refractivity contribution in [1.29, 1.82) is 0 Å². The summed E-state index contributed by atoms with van der Waals surface area (Å²) in [4.78, 5) is 26.1. The van der Waals surface area contributed by atoms with E-state index in [4.69, 9.17) is 4.74 Å². The van der Waals surface area contributed by atoms with Crippen LogP contribution in [0, 0.1) is 0 Å². The van der Waals surface area contributed by atoms with Crippen LogP contribution in [0.3, 0.4) is 0 Å². The molecule has 1 N–H and O–H groups in total. The minimum Gasteiger partial charge on any atom is -0.509 e. The maximum Gasteiger partial charge on any atom is 0.359 e. The van der Waals surface area contributed by atoms with E-state index in [1.807, 2.05) is 60.7 Å². The quantitative estimate of drug-likeness (QED) is 0.663. The van der Waals surface area contributed by atoms with Gasteiger partial charge in [0, 0.05) is 0 Å². The van der Waals surface area contributed by atoms with Gasteiger partial charge in [-0.15, -0.1) is 11.8 Å². The van der Waals surface area contributed by atoms with Crippen LogP contribution < -0.4 is 0 Å². The van der Waals surface area contributed by atoms with Crippen molar-refractivity contribution < 1.29 is 19.4 Å². The van der Waals surface area contributed by atoms with Crippen molar-refractivity contribution in [3.63, 3.8) is 0 Å². The monoisotopic (exact) mass is 367 g/mol. The number of aliphatic hydroxyl groups excluding tert-OH is 1. The minimum absolute atomic E-state index is 0.0261. The molecule has 0 aliphatic carbocycles. The number of amides is 1. The Morgan fingerprint density at radius 3 is 2.19 bits per heavy atom. The molecule has 2 aromatic carbocycles. The molecule has 0 bridgehead atoms. The number of β-lactam (4-membered cyclic amide) rings is 1. The van der Waals surface area contributed by atoms with Gasteiger partial charge < -0.3 is 9.84 Å². The highest BCUT2D eigenvalue weighted by atomic mass is 32.2. The topological polar surface area (TPSA) is 66.8 Å². The van der Waals surface area contributed by atoms with Crippen LogP contribution in [0.1, 0.15) is 23.7 Å². The Morgan fingerprint density at radius 1 is 1.08 bits per heavy atom. The van der Waals surface area contributed by atoms with Crippen molar-refractivity contribution in [2.24, 2.45) is 0 Å². The van der Waals surface area contributed by atoms with Crippen molar-refractivity contribution in [3.8, 4) is 0 Å². The second-order valence-corrected chi connectivity index (χ2v) is 7.30. The zero-order valence-corrected chi connectivity index (χ0v) is 14.7. The molecule has 6 heteroatoms. The van der Waals surface area contributed by atoms with Gasteiger partial charge in [0.1, 0.15) is 5.76 Å². The van der Waals surface area contributed by atoms with Crippen LogP contribution in [0.4, 0.5) is 0 Å². The number of esters is 1. The standard InChI is InChI=1S/C20H17NO4S/c22-15-12-26-17-11-16(23)21(17)18(15)20(24)25-19(13-7-3-1-4-8-13)14-9-5-2-6-10-14/h1-10,17,19,22H,11-12H2. The Kier molecular flexibility index (Phi) is 4.42. The molecule has 1 atom stereocenters. The van der Waals surface area contributed by atoms with Gasteiger partial charge in [0.05, 0.1) is 17.5 Å². The van der Waals surface area contributed by atoms with Gasteiger partial charge in [-0.3, -0.25) is 9.69 Å². The number of rotatable bonds is 4. The lowest BCUT2D eigenvalue weighted by molar-refractivity contribution is -0.152.